The minimum absolute atomic E-state index is 0.780. The predicted molar refractivity (Wildman–Crippen MR) is 95.4 cm³/mol. The van der Waals surface area contributed by atoms with Crippen molar-refractivity contribution < 1.29 is 0 Å². The first-order valence-corrected chi connectivity index (χ1v) is 8.52. The Kier molecular flexibility index (Phi) is 6.70. The molecule has 3 nitrogen and oxygen atoms in total. The average Bonchev–Trinajstić information content (AvgIpc) is 2.71. The van der Waals surface area contributed by atoms with E-state index >= 15 is 0 Å². The van der Waals surface area contributed by atoms with E-state index < -0.39 is 0 Å². The third-order valence-corrected chi connectivity index (χ3v) is 4.57. The average molecular weight is 299 g/mol. The number of nitrogens with zero attached hydrogens (tertiary/aromatic N) is 3. The van der Waals surface area contributed by atoms with Crippen LogP contribution >= 0.6 is 0 Å². The molecule has 1 saturated carbocycles. The molecule has 3 heteroatoms. The van der Waals surface area contributed by atoms with E-state index in [9.17, 15) is 0 Å². The van der Waals surface area contributed by atoms with Crippen LogP contribution in [-0.2, 0) is 0 Å². The molecule has 2 aliphatic rings. The summed E-state index contributed by atoms with van der Waals surface area (Å²) in [6.45, 7) is 15.3. The summed E-state index contributed by atoms with van der Waals surface area (Å²) in [7, 11) is 0. The van der Waals surface area contributed by atoms with Crippen molar-refractivity contribution in [2.75, 3.05) is 32.7 Å². The number of allylic oxidation sites excluding steroid dienone is 2. The van der Waals surface area contributed by atoms with Crippen LogP contribution in [0.2, 0.25) is 0 Å². The van der Waals surface area contributed by atoms with Gasteiger partial charge in [-0.1, -0.05) is 25.7 Å². The van der Waals surface area contributed by atoms with Gasteiger partial charge >= 0.3 is 0 Å². The van der Waals surface area contributed by atoms with Crippen molar-refractivity contribution in [2.24, 2.45) is 4.99 Å². The molecule has 2 fully saturated rings. The van der Waals surface area contributed by atoms with E-state index in [4.69, 9.17) is 0 Å². The second-order valence-electron chi connectivity index (χ2n) is 6.00. The van der Waals surface area contributed by atoms with Gasteiger partial charge in [-0.3, -0.25) is 9.89 Å². The van der Waals surface area contributed by atoms with Crippen molar-refractivity contribution >= 4 is 6.21 Å². The van der Waals surface area contributed by atoms with Crippen molar-refractivity contribution in [3.05, 3.63) is 42.3 Å². The zero-order valence-corrected chi connectivity index (χ0v) is 13.9. The van der Waals surface area contributed by atoms with Gasteiger partial charge < -0.3 is 4.90 Å². The van der Waals surface area contributed by atoms with E-state index in [2.05, 4.69) is 33.7 Å². The molecule has 1 saturated heterocycles. The lowest BCUT2D eigenvalue weighted by molar-refractivity contribution is 0.133. The van der Waals surface area contributed by atoms with Crippen molar-refractivity contribution in [3.63, 3.8) is 0 Å². The molecule has 0 unspecified atom stereocenters. The fraction of sp³-hybridized carbons (Fsp3) is 0.579. The molecule has 0 amide bonds. The highest BCUT2D eigenvalue weighted by molar-refractivity contribution is 5.83. The highest BCUT2D eigenvalue weighted by atomic mass is 15.2. The first kappa shape index (κ1) is 16.8. The Morgan fingerprint density at radius 1 is 1.23 bits per heavy atom. The van der Waals surface area contributed by atoms with Crippen LogP contribution < -0.4 is 0 Å². The van der Waals surface area contributed by atoms with E-state index in [-0.39, 0.29) is 0 Å². The molecular weight excluding hydrogens is 270 g/mol. The molecule has 0 bridgehead atoms. The lowest BCUT2D eigenvalue weighted by Crippen LogP contribution is -2.42. The number of hydrogen-bond acceptors (Lipinski definition) is 3. The third-order valence-electron chi connectivity index (χ3n) is 4.57. The molecule has 0 aromatic rings. The van der Waals surface area contributed by atoms with Crippen LogP contribution in [0.1, 0.15) is 32.6 Å². The predicted octanol–water partition coefficient (Wildman–Crippen LogP) is 3.42. The molecular formula is C19H29N3. The van der Waals surface area contributed by atoms with Crippen molar-refractivity contribution in [1.29, 1.82) is 0 Å². The van der Waals surface area contributed by atoms with Gasteiger partial charge in [0.1, 0.15) is 0 Å². The summed E-state index contributed by atoms with van der Waals surface area (Å²) in [4.78, 5) is 9.41. The molecule has 22 heavy (non-hydrogen) atoms. The number of rotatable bonds is 6. The first-order chi connectivity index (χ1) is 10.8. The lowest BCUT2D eigenvalue weighted by atomic mass is 9.91. The topological polar surface area (TPSA) is 18.8 Å². The standard InChI is InChI=1S/C19H29N3/c1-4-6-9-18(16-20-5-2)17(3)21-12-8-13-22(15-14-21)19-10-7-11-19/h4,6,16,19H,1,3,5,7-8,10-15H2,2H3/b20-16-. The van der Waals surface area contributed by atoms with Gasteiger partial charge in [0.15, 0.2) is 0 Å². The van der Waals surface area contributed by atoms with Crippen LogP contribution in [0.5, 0.6) is 0 Å². The Hall–Kier alpha value is -1.57. The van der Waals surface area contributed by atoms with E-state index in [0.29, 0.717) is 0 Å². The van der Waals surface area contributed by atoms with Gasteiger partial charge in [0.05, 0.1) is 5.57 Å². The molecule has 120 valence electrons. The molecule has 0 N–H and O–H groups in total. The van der Waals surface area contributed by atoms with Crippen LogP contribution in [-0.4, -0.2) is 54.8 Å². The molecule has 1 aliphatic heterocycles. The zero-order chi connectivity index (χ0) is 15.8. The Morgan fingerprint density at radius 3 is 2.68 bits per heavy atom. The van der Waals surface area contributed by atoms with E-state index in [1.165, 1.54) is 32.2 Å². The molecule has 1 heterocycles. The van der Waals surface area contributed by atoms with Crippen LogP contribution in [0.3, 0.4) is 0 Å². The number of aliphatic imine (C=N–C) groups is 1. The molecule has 0 radical (unpaired) electrons. The summed E-state index contributed by atoms with van der Waals surface area (Å²) in [6, 6.07) is 0.838. The third kappa shape index (κ3) is 4.46. The van der Waals surface area contributed by atoms with E-state index in [1.807, 2.05) is 19.2 Å². The van der Waals surface area contributed by atoms with Crippen molar-refractivity contribution in [3.8, 4) is 0 Å². The van der Waals surface area contributed by atoms with Crippen LogP contribution in [0.4, 0.5) is 0 Å². The fourth-order valence-electron chi connectivity index (χ4n) is 3.02. The number of hydrogen-bond donors (Lipinski definition) is 0. The maximum atomic E-state index is 4.35. The summed E-state index contributed by atoms with van der Waals surface area (Å²) >= 11 is 0. The largest absolute Gasteiger partial charge is 0.370 e. The SMILES string of the molecule is C=CC=C=C(/C=N\CC)C(=C)N1CCCN(C2CCC2)CC1. The first-order valence-electron chi connectivity index (χ1n) is 8.52. The van der Waals surface area contributed by atoms with Gasteiger partial charge in [-0.25, -0.2) is 0 Å². The summed E-state index contributed by atoms with van der Waals surface area (Å²) in [5, 5.41) is 0. The molecule has 0 aromatic heterocycles. The minimum Gasteiger partial charge on any atom is -0.370 e. The normalized spacial score (nSPS) is 20.1. The summed E-state index contributed by atoms with van der Waals surface area (Å²) in [5.74, 6) is 0. The zero-order valence-electron chi connectivity index (χ0n) is 13.9. The van der Waals surface area contributed by atoms with Crippen LogP contribution in [0.25, 0.3) is 0 Å². The smallest absolute Gasteiger partial charge is 0.0570 e. The molecule has 0 atom stereocenters. The molecule has 0 aromatic carbocycles. The van der Waals surface area contributed by atoms with Gasteiger partial charge in [-0.15, -0.1) is 5.73 Å². The van der Waals surface area contributed by atoms with Gasteiger partial charge in [0, 0.05) is 50.7 Å². The summed E-state index contributed by atoms with van der Waals surface area (Å²) in [6.07, 6.45) is 10.9. The molecule has 2 rings (SSSR count). The highest BCUT2D eigenvalue weighted by Crippen LogP contribution is 2.26. The van der Waals surface area contributed by atoms with Crippen LogP contribution in [0.15, 0.2) is 47.3 Å². The molecule has 1 aliphatic carbocycles. The highest BCUT2D eigenvalue weighted by Gasteiger charge is 2.26. The van der Waals surface area contributed by atoms with Crippen molar-refractivity contribution in [1.82, 2.24) is 9.80 Å². The fourth-order valence-corrected chi connectivity index (χ4v) is 3.02. The Labute approximate surface area is 135 Å². The summed E-state index contributed by atoms with van der Waals surface area (Å²) in [5.41, 5.74) is 5.25. The van der Waals surface area contributed by atoms with Gasteiger partial charge in [0.25, 0.3) is 0 Å². The van der Waals surface area contributed by atoms with Crippen LogP contribution in [0, 0.1) is 0 Å². The van der Waals surface area contributed by atoms with E-state index in [1.54, 1.807) is 6.08 Å². The van der Waals surface area contributed by atoms with E-state index in [0.717, 1.165) is 43.5 Å². The maximum Gasteiger partial charge on any atom is 0.0570 e. The second-order valence-corrected chi connectivity index (χ2v) is 6.00. The van der Waals surface area contributed by atoms with Gasteiger partial charge in [0.2, 0.25) is 0 Å². The second kappa shape index (κ2) is 8.77. The maximum absolute atomic E-state index is 4.35. The Bertz CT molecular complexity index is 479. The lowest BCUT2D eigenvalue weighted by Gasteiger charge is -2.36. The Balaban J connectivity index is 2.01. The Morgan fingerprint density at radius 2 is 2.05 bits per heavy atom. The quantitative estimate of drug-likeness (QED) is 0.425. The monoisotopic (exact) mass is 299 g/mol. The van der Waals surface area contributed by atoms with Gasteiger partial charge in [-0.2, -0.15) is 0 Å². The minimum atomic E-state index is 0.780. The van der Waals surface area contributed by atoms with Gasteiger partial charge in [-0.05, 0) is 32.3 Å². The molecule has 0 spiro atoms. The summed E-state index contributed by atoms with van der Waals surface area (Å²) < 4.78 is 0. The van der Waals surface area contributed by atoms with Crippen molar-refractivity contribution in [2.45, 2.75) is 38.6 Å².